The molecule has 0 aromatic carbocycles. The average molecular weight is 269 g/mol. The smallest absolute Gasteiger partial charge is 0.220 e. The van der Waals surface area contributed by atoms with Crippen LogP contribution < -0.4 is 10.6 Å². The van der Waals surface area contributed by atoms with Gasteiger partial charge in [0.1, 0.15) is 0 Å². The van der Waals surface area contributed by atoms with Gasteiger partial charge in [-0.05, 0) is 59.5 Å². The fourth-order valence-corrected chi connectivity index (χ4v) is 2.86. The summed E-state index contributed by atoms with van der Waals surface area (Å²) in [5.41, 5.74) is 0. The lowest BCUT2D eigenvalue weighted by atomic mass is 9.94. The number of nitrogens with zero attached hydrogens (tertiary/aromatic N) is 1. The summed E-state index contributed by atoms with van der Waals surface area (Å²) in [5, 5.41) is 6.40. The summed E-state index contributed by atoms with van der Waals surface area (Å²) in [6, 6.07) is 1.06. The van der Waals surface area contributed by atoms with Crippen molar-refractivity contribution in [2.24, 2.45) is 5.92 Å². The third-order valence-corrected chi connectivity index (χ3v) is 3.95. The fraction of sp³-hybridized carbons (Fsp3) is 0.933. The number of hydrogen-bond acceptors (Lipinski definition) is 3. The first-order chi connectivity index (χ1) is 9.00. The molecule has 4 heteroatoms. The first-order valence-corrected chi connectivity index (χ1v) is 7.74. The molecule has 1 amide bonds. The summed E-state index contributed by atoms with van der Waals surface area (Å²) in [6.45, 7) is 12.6. The molecule has 4 nitrogen and oxygen atoms in total. The van der Waals surface area contributed by atoms with E-state index in [1.807, 2.05) is 0 Å². The van der Waals surface area contributed by atoms with Crippen molar-refractivity contribution in [1.82, 2.24) is 15.5 Å². The number of carbonyl (C=O) groups excluding carboxylic acids is 1. The molecule has 0 saturated carbocycles. The molecule has 2 N–H and O–H groups in total. The molecule has 19 heavy (non-hydrogen) atoms. The van der Waals surface area contributed by atoms with Gasteiger partial charge in [0, 0.05) is 31.6 Å². The minimum atomic E-state index is 0.222. The Balaban J connectivity index is 2.18. The van der Waals surface area contributed by atoms with Crippen molar-refractivity contribution in [3.05, 3.63) is 0 Å². The maximum absolute atomic E-state index is 11.9. The highest BCUT2D eigenvalue weighted by atomic mass is 16.1. The maximum atomic E-state index is 11.9. The van der Waals surface area contributed by atoms with E-state index in [1.54, 1.807) is 0 Å². The lowest BCUT2D eigenvalue weighted by molar-refractivity contribution is -0.122. The summed E-state index contributed by atoms with van der Waals surface area (Å²) < 4.78 is 0. The van der Waals surface area contributed by atoms with Crippen LogP contribution in [0.15, 0.2) is 0 Å². The lowest BCUT2D eigenvalue weighted by Gasteiger charge is -2.30. The van der Waals surface area contributed by atoms with Gasteiger partial charge in [-0.3, -0.25) is 9.69 Å². The first kappa shape index (κ1) is 16.4. The molecule has 112 valence electrons. The van der Waals surface area contributed by atoms with Crippen molar-refractivity contribution in [1.29, 1.82) is 0 Å². The highest BCUT2D eigenvalue weighted by molar-refractivity contribution is 5.76. The minimum Gasteiger partial charge on any atom is -0.355 e. The molecule has 0 unspecified atom stereocenters. The van der Waals surface area contributed by atoms with Crippen molar-refractivity contribution in [3.8, 4) is 0 Å². The van der Waals surface area contributed by atoms with Crippen LogP contribution in [0.3, 0.4) is 0 Å². The fourth-order valence-electron chi connectivity index (χ4n) is 2.86. The molecule has 0 aromatic rings. The van der Waals surface area contributed by atoms with Gasteiger partial charge in [-0.2, -0.15) is 0 Å². The summed E-state index contributed by atoms with van der Waals surface area (Å²) in [6.07, 6.45) is 2.97. The second-order valence-corrected chi connectivity index (χ2v) is 6.17. The molecule has 0 spiro atoms. The van der Waals surface area contributed by atoms with E-state index in [-0.39, 0.29) is 5.91 Å². The highest BCUT2D eigenvalue weighted by Gasteiger charge is 2.17. The number of piperidine rings is 1. The number of carbonyl (C=O) groups is 1. The van der Waals surface area contributed by atoms with Crippen LogP contribution in [0, 0.1) is 5.92 Å². The molecule has 0 atom stereocenters. The van der Waals surface area contributed by atoms with Crippen molar-refractivity contribution in [2.45, 2.75) is 59.0 Å². The Kier molecular flexibility index (Phi) is 7.39. The minimum absolute atomic E-state index is 0.222. The van der Waals surface area contributed by atoms with Gasteiger partial charge in [0.25, 0.3) is 0 Å². The third-order valence-electron chi connectivity index (χ3n) is 3.95. The Morgan fingerprint density at radius 3 is 2.32 bits per heavy atom. The highest BCUT2D eigenvalue weighted by Crippen LogP contribution is 2.15. The lowest BCUT2D eigenvalue weighted by Crippen LogP contribution is -2.42. The van der Waals surface area contributed by atoms with E-state index in [9.17, 15) is 4.79 Å². The van der Waals surface area contributed by atoms with E-state index in [4.69, 9.17) is 0 Å². The largest absolute Gasteiger partial charge is 0.355 e. The van der Waals surface area contributed by atoms with Crippen molar-refractivity contribution < 1.29 is 4.79 Å². The Labute approximate surface area is 118 Å². The predicted molar refractivity (Wildman–Crippen MR) is 80.2 cm³/mol. The number of rotatable bonds is 7. The zero-order chi connectivity index (χ0) is 14.3. The van der Waals surface area contributed by atoms with Crippen LogP contribution in [-0.2, 0) is 4.79 Å². The summed E-state index contributed by atoms with van der Waals surface area (Å²) in [4.78, 5) is 14.3. The van der Waals surface area contributed by atoms with Gasteiger partial charge >= 0.3 is 0 Å². The standard InChI is InChI=1S/C15H31N3O/c1-12(2)18(13(3)4)10-9-17-15(19)11-14-5-7-16-8-6-14/h12-14,16H,5-11H2,1-4H3,(H,17,19). The molecule has 0 aliphatic carbocycles. The molecule has 1 rings (SSSR count). The Hall–Kier alpha value is -0.610. The maximum Gasteiger partial charge on any atom is 0.220 e. The van der Waals surface area contributed by atoms with E-state index < -0.39 is 0 Å². The zero-order valence-electron chi connectivity index (χ0n) is 13.0. The van der Waals surface area contributed by atoms with Gasteiger partial charge in [-0.15, -0.1) is 0 Å². The van der Waals surface area contributed by atoms with Crippen molar-refractivity contribution in [2.75, 3.05) is 26.2 Å². The van der Waals surface area contributed by atoms with Crippen LogP contribution in [-0.4, -0.2) is 49.1 Å². The second kappa shape index (κ2) is 8.54. The molecule has 1 heterocycles. The van der Waals surface area contributed by atoms with Gasteiger partial charge in [-0.25, -0.2) is 0 Å². The summed E-state index contributed by atoms with van der Waals surface area (Å²) in [5.74, 6) is 0.798. The Morgan fingerprint density at radius 1 is 1.21 bits per heavy atom. The molecule has 1 aliphatic heterocycles. The molecule has 1 fully saturated rings. The Bertz CT molecular complexity index is 252. The van der Waals surface area contributed by atoms with E-state index >= 15 is 0 Å². The van der Waals surface area contributed by atoms with Crippen LogP contribution in [0.2, 0.25) is 0 Å². The van der Waals surface area contributed by atoms with Gasteiger partial charge in [-0.1, -0.05) is 0 Å². The molecule has 0 radical (unpaired) electrons. The third kappa shape index (κ3) is 6.39. The number of amides is 1. The number of hydrogen-bond donors (Lipinski definition) is 2. The zero-order valence-corrected chi connectivity index (χ0v) is 13.0. The SMILES string of the molecule is CC(C)N(CCNC(=O)CC1CCNCC1)C(C)C. The van der Waals surface area contributed by atoms with Gasteiger partial charge in [0.15, 0.2) is 0 Å². The second-order valence-electron chi connectivity index (χ2n) is 6.17. The quantitative estimate of drug-likeness (QED) is 0.738. The molecule has 0 bridgehead atoms. The molecule has 0 aromatic heterocycles. The Morgan fingerprint density at radius 2 is 1.79 bits per heavy atom. The summed E-state index contributed by atoms with van der Waals surface area (Å²) in [7, 11) is 0. The van der Waals surface area contributed by atoms with Crippen LogP contribution in [0.4, 0.5) is 0 Å². The summed E-state index contributed by atoms with van der Waals surface area (Å²) >= 11 is 0. The van der Waals surface area contributed by atoms with Gasteiger partial charge in [0.05, 0.1) is 0 Å². The van der Waals surface area contributed by atoms with Crippen molar-refractivity contribution in [3.63, 3.8) is 0 Å². The van der Waals surface area contributed by atoms with Crippen LogP contribution in [0.1, 0.15) is 47.0 Å². The molecule has 1 aliphatic rings. The van der Waals surface area contributed by atoms with Gasteiger partial charge in [0.2, 0.25) is 5.91 Å². The van der Waals surface area contributed by atoms with Crippen LogP contribution in [0.25, 0.3) is 0 Å². The van der Waals surface area contributed by atoms with Crippen LogP contribution >= 0.6 is 0 Å². The molecule has 1 saturated heterocycles. The van der Waals surface area contributed by atoms with E-state index in [0.717, 1.165) is 39.0 Å². The average Bonchev–Trinajstić information content (AvgIpc) is 2.34. The van der Waals surface area contributed by atoms with E-state index in [2.05, 4.69) is 43.2 Å². The molecular weight excluding hydrogens is 238 g/mol. The van der Waals surface area contributed by atoms with Crippen LogP contribution in [0.5, 0.6) is 0 Å². The van der Waals surface area contributed by atoms with E-state index in [0.29, 0.717) is 24.4 Å². The topological polar surface area (TPSA) is 44.4 Å². The van der Waals surface area contributed by atoms with E-state index in [1.165, 1.54) is 0 Å². The normalized spacial score (nSPS) is 17.4. The first-order valence-electron chi connectivity index (χ1n) is 7.74. The number of nitrogens with one attached hydrogen (secondary N) is 2. The van der Waals surface area contributed by atoms with Crippen molar-refractivity contribution >= 4 is 5.91 Å². The monoisotopic (exact) mass is 269 g/mol. The molecular formula is C15H31N3O. The predicted octanol–water partition coefficient (Wildman–Crippen LogP) is 1.61. The van der Waals surface area contributed by atoms with Gasteiger partial charge < -0.3 is 10.6 Å².